The molecule has 1 rings (SSSR count). The van der Waals surface area contributed by atoms with Gasteiger partial charge in [0.25, 0.3) is 0 Å². The normalized spacial score (nSPS) is 10.2. The third kappa shape index (κ3) is 6.13. The Hall–Kier alpha value is -1.44. The molecule has 2 N–H and O–H groups in total. The quantitative estimate of drug-likeness (QED) is 0.467. The third-order valence-electron chi connectivity index (χ3n) is 2.80. The van der Waals surface area contributed by atoms with Crippen LogP contribution in [0, 0.1) is 5.82 Å². The summed E-state index contributed by atoms with van der Waals surface area (Å²) in [4.78, 5) is 11.9. The monoisotopic (exact) mass is 347 g/mol. The smallest absolute Gasteiger partial charge is 0.243 e. The van der Waals surface area contributed by atoms with Crippen LogP contribution in [0.2, 0.25) is 5.02 Å². The number of hydrogen-bond acceptors (Lipinski definition) is 3. The number of benzene rings is 1. The number of ether oxygens (including phenoxy) is 1. The molecule has 1 aromatic rings. The first kappa shape index (κ1) is 18.6. The Morgan fingerprint density at radius 2 is 2.23 bits per heavy atom. The van der Waals surface area contributed by atoms with E-state index >= 15 is 0 Å². The number of nitrogens with one attached hydrogen (secondary N) is 2. The molecular formula is C14H19ClFN3O2S. The second-order valence-corrected chi connectivity index (χ2v) is 5.34. The summed E-state index contributed by atoms with van der Waals surface area (Å²) >= 11 is 11.0. The number of rotatable bonds is 6. The number of carbonyl (C=O) groups is 1. The first-order valence-electron chi connectivity index (χ1n) is 6.68. The van der Waals surface area contributed by atoms with Crippen LogP contribution in [0.15, 0.2) is 18.2 Å². The van der Waals surface area contributed by atoms with Gasteiger partial charge in [-0.1, -0.05) is 17.7 Å². The molecule has 0 fully saturated rings. The second kappa shape index (κ2) is 9.55. The van der Waals surface area contributed by atoms with Crippen molar-refractivity contribution in [3.8, 4) is 0 Å². The molecule has 1 aromatic carbocycles. The maximum Gasteiger partial charge on any atom is 0.243 e. The van der Waals surface area contributed by atoms with Gasteiger partial charge in [0.1, 0.15) is 5.82 Å². The van der Waals surface area contributed by atoms with Crippen molar-refractivity contribution in [1.29, 1.82) is 0 Å². The van der Waals surface area contributed by atoms with Gasteiger partial charge in [-0.05, 0) is 30.8 Å². The minimum absolute atomic E-state index is 0.161. The number of thiocarbonyl (C=S) groups is 1. The minimum Gasteiger partial charge on any atom is -0.385 e. The Morgan fingerprint density at radius 3 is 2.86 bits per heavy atom. The molecule has 22 heavy (non-hydrogen) atoms. The van der Waals surface area contributed by atoms with Gasteiger partial charge in [0, 0.05) is 37.9 Å². The molecule has 0 bridgehead atoms. The molecular weight excluding hydrogens is 329 g/mol. The van der Waals surface area contributed by atoms with E-state index in [-0.39, 0.29) is 17.0 Å². The molecule has 0 saturated heterocycles. The highest BCUT2D eigenvalue weighted by Gasteiger charge is 2.14. The van der Waals surface area contributed by atoms with Crippen LogP contribution in [0.4, 0.5) is 4.39 Å². The Kier molecular flexibility index (Phi) is 8.08. The molecule has 0 aromatic heterocycles. The first-order valence-corrected chi connectivity index (χ1v) is 7.47. The van der Waals surface area contributed by atoms with Gasteiger partial charge in [0.05, 0.1) is 6.42 Å². The van der Waals surface area contributed by atoms with Gasteiger partial charge in [0.15, 0.2) is 5.11 Å². The fraction of sp³-hybridized carbons (Fsp3) is 0.429. The summed E-state index contributed by atoms with van der Waals surface area (Å²) < 4.78 is 18.5. The van der Waals surface area contributed by atoms with Crippen LogP contribution < -0.4 is 10.7 Å². The van der Waals surface area contributed by atoms with Crippen molar-refractivity contribution in [1.82, 2.24) is 15.8 Å². The molecule has 0 heterocycles. The van der Waals surface area contributed by atoms with Crippen LogP contribution in [0.3, 0.4) is 0 Å². The third-order valence-corrected chi connectivity index (χ3v) is 3.57. The fourth-order valence-electron chi connectivity index (χ4n) is 1.67. The van der Waals surface area contributed by atoms with Crippen LogP contribution in [0.25, 0.3) is 0 Å². The molecule has 0 radical (unpaired) electrons. The summed E-state index contributed by atoms with van der Waals surface area (Å²) in [6.07, 6.45) is 0.630. The molecule has 5 nitrogen and oxygen atoms in total. The second-order valence-electron chi connectivity index (χ2n) is 4.55. The van der Waals surface area contributed by atoms with E-state index in [4.69, 9.17) is 28.6 Å². The van der Waals surface area contributed by atoms with E-state index in [2.05, 4.69) is 10.7 Å². The van der Waals surface area contributed by atoms with E-state index in [1.165, 1.54) is 17.1 Å². The predicted molar refractivity (Wildman–Crippen MR) is 88.1 cm³/mol. The highest BCUT2D eigenvalue weighted by Crippen LogP contribution is 2.19. The molecule has 0 aliphatic heterocycles. The fourth-order valence-corrected chi connectivity index (χ4v) is 2.05. The van der Waals surface area contributed by atoms with Crippen molar-refractivity contribution in [2.24, 2.45) is 0 Å². The summed E-state index contributed by atoms with van der Waals surface area (Å²) in [7, 11) is 3.23. The average Bonchev–Trinajstić information content (AvgIpc) is 2.47. The van der Waals surface area contributed by atoms with Crippen LogP contribution in [0.5, 0.6) is 0 Å². The lowest BCUT2D eigenvalue weighted by Gasteiger charge is -2.21. The standard InChI is InChI=1S/C14H19ClFN3O2S/c1-19(14(22)17-7-4-8-21-2)18-13(20)9-10-11(15)5-3-6-12(10)16/h3,5-6H,4,7-9H2,1-2H3,(H,17,22)(H,18,20). The summed E-state index contributed by atoms with van der Waals surface area (Å²) in [5.74, 6) is -0.916. The number of hydrazine groups is 1. The molecule has 0 atom stereocenters. The average molecular weight is 348 g/mol. The SMILES string of the molecule is COCCCNC(=S)N(C)NC(=O)Cc1c(F)cccc1Cl. The van der Waals surface area contributed by atoms with Gasteiger partial charge in [-0.2, -0.15) is 0 Å². The number of hydrogen-bond donors (Lipinski definition) is 2. The predicted octanol–water partition coefficient (Wildman–Crippen LogP) is 1.90. The Balaban J connectivity index is 2.45. The van der Waals surface area contributed by atoms with Crippen molar-refractivity contribution in [2.45, 2.75) is 12.8 Å². The van der Waals surface area contributed by atoms with Crippen LogP contribution in [-0.4, -0.2) is 43.3 Å². The van der Waals surface area contributed by atoms with E-state index in [1.807, 2.05) is 0 Å². The van der Waals surface area contributed by atoms with Gasteiger partial charge in [-0.15, -0.1) is 0 Å². The van der Waals surface area contributed by atoms with Gasteiger partial charge in [0.2, 0.25) is 5.91 Å². The van der Waals surface area contributed by atoms with Crippen molar-refractivity contribution in [3.05, 3.63) is 34.6 Å². The summed E-state index contributed by atoms with van der Waals surface area (Å²) in [6.45, 7) is 1.25. The molecule has 0 spiro atoms. The maximum absolute atomic E-state index is 13.6. The number of nitrogens with zero attached hydrogens (tertiary/aromatic N) is 1. The molecule has 0 aliphatic carbocycles. The van der Waals surface area contributed by atoms with Crippen LogP contribution >= 0.6 is 23.8 Å². The topological polar surface area (TPSA) is 53.6 Å². The van der Waals surface area contributed by atoms with Gasteiger partial charge >= 0.3 is 0 Å². The largest absolute Gasteiger partial charge is 0.385 e. The van der Waals surface area contributed by atoms with Gasteiger partial charge in [-0.3, -0.25) is 15.2 Å². The van der Waals surface area contributed by atoms with Crippen molar-refractivity contribution in [3.63, 3.8) is 0 Å². The number of halogens is 2. The number of methoxy groups -OCH3 is 1. The van der Waals surface area contributed by atoms with Crippen LogP contribution in [-0.2, 0) is 16.0 Å². The van der Waals surface area contributed by atoms with E-state index in [9.17, 15) is 9.18 Å². The van der Waals surface area contributed by atoms with E-state index in [0.717, 1.165) is 6.42 Å². The molecule has 8 heteroatoms. The van der Waals surface area contributed by atoms with Crippen molar-refractivity contribution < 1.29 is 13.9 Å². The Labute approximate surface area is 139 Å². The molecule has 122 valence electrons. The zero-order valence-corrected chi connectivity index (χ0v) is 14.1. The van der Waals surface area contributed by atoms with Crippen molar-refractivity contribution in [2.75, 3.05) is 27.3 Å². The number of carbonyl (C=O) groups excluding carboxylic acids is 1. The Bertz CT molecular complexity index is 511. The molecule has 0 aliphatic rings. The lowest BCUT2D eigenvalue weighted by Crippen LogP contribution is -2.48. The summed E-state index contributed by atoms with van der Waals surface area (Å²) in [5, 5.41) is 4.93. The van der Waals surface area contributed by atoms with Gasteiger partial charge < -0.3 is 10.1 Å². The van der Waals surface area contributed by atoms with Gasteiger partial charge in [-0.25, -0.2) is 4.39 Å². The zero-order valence-electron chi connectivity index (χ0n) is 12.5. The van der Waals surface area contributed by atoms with E-state index < -0.39 is 11.7 Å². The molecule has 1 amide bonds. The maximum atomic E-state index is 13.6. The van der Waals surface area contributed by atoms with Crippen LogP contribution in [0.1, 0.15) is 12.0 Å². The lowest BCUT2D eigenvalue weighted by molar-refractivity contribution is -0.123. The lowest BCUT2D eigenvalue weighted by atomic mass is 10.1. The highest BCUT2D eigenvalue weighted by molar-refractivity contribution is 7.80. The van der Waals surface area contributed by atoms with E-state index in [1.54, 1.807) is 20.2 Å². The highest BCUT2D eigenvalue weighted by atomic mass is 35.5. The molecule has 0 saturated carbocycles. The number of amides is 1. The summed E-state index contributed by atoms with van der Waals surface area (Å²) in [6, 6.07) is 4.30. The van der Waals surface area contributed by atoms with Crippen molar-refractivity contribution >= 4 is 34.8 Å². The minimum atomic E-state index is -0.509. The molecule has 0 unspecified atom stereocenters. The zero-order chi connectivity index (χ0) is 16.5. The first-order chi connectivity index (χ1) is 10.5. The Morgan fingerprint density at radius 1 is 1.50 bits per heavy atom. The van der Waals surface area contributed by atoms with E-state index in [0.29, 0.717) is 18.3 Å². The summed E-state index contributed by atoms with van der Waals surface area (Å²) in [5.41, 5.74) is 2.72.